The Kier molecular flexibility index (Phi) is 3.63. The lowest BCUT2D eigenvalue weighted by Gasteiger charge is -2.08. The number of halogens is 1. The molecule has 1 N–H and O–H groups in total. The molecular weight excluding hydrogens is 183 g/mol. The van der Waals surface area contributed by atoms with Gasteiger partial charge in [0.25, 0.3) is 0 Å². The maximum absolute atomic E-state index is 13.1. The third-order valence-corrected chi connectivity index (χ3v) is 2.05. The van der Waals surface area contributed by atoms with Crippen molar-refractivity contribution >= 4 is 5.97 Å². The zero-order valence-electron chi connectivity index (χ0n) is 8.03. The van der Waals surface area contributed by atoms with E-state index in [2.05, 4.69) is 0 Å². The summed E-state index contributed by atoms with van der Waals surface area (Å²) in [6.07, 6.45) is 0.549. The molecule has 0 fully saturated rings. The van der Waals surface area contributed by atoms with Gasteiger partial charge in [-0.25, -0.2) is 4.39 Å². The minimum atomic E-state index is -0.839. The summed E-state index contributed by atoms with van der Waals surface area (Å²) in [5.74, 6) is -1.14. The van der Waals surface area contributed by atoms with Gasteiger partial charge < -0.3 is 5.11 Å². The molecule has 0 aliphatic heterocycles. The van der Waals surface area contributed by atoms with Gasteiger partial charge in [0.15, 0.2) is 0 Å². The van der Waals surface area contributed by atoms with Crippen molar-refractivity contribution in [1.82, 2.24) is 0 Å². The predicted molar refractivity (Wildman–Crippen MR) is 51.5 cm³/mol. The van der Waals surface area contributed by atoms with E-state index in [4.69, 9.17) is 5.11 Å². The molecule has 0 saturated heterocycles. The molecule has 0 amide bonds. The Bertz CT molecular complexity index is 323. The minimum Gasteiger partial charge on any atom is -0.481 e. The van der Waals surface area contributed by atoms with Crippen LogP contribution in [-0.4, -0.2) is 11.1 Å². The van der Waals surface area contributed by atoms with Crippen molar-refractivity contribution < 1.29 is 14.3 Å². The summed E-state index contributed by atoms with van der Waals surface area (Å²) in [7, 11) is 0. The standard InChI is InChI=1S/C11H13FO2/c1-8(7-11(13)14)6-9-4-2-3-5-10(9)12/h2-5,8H,6-7H2,1H3,(H,13,14). The molecule has 0 aliphatic carbocycles. The van der Waals surface area contributed by atoms with E-state index >= 15 is 0 Å². The second-order valence-electron chi connectivity index (χ2n) is 3.50. The van der Waals surface area contributed by atoms with Gasteiger partial charge in [-0.05, 0) is 24.0 Å². The highest BCUT2D eigenvalue weighted by atomic mass is 19.1. The van der Waals surface area contributed by atoms with Gasteiger partial charge in [-0.1, -0.05) is 25.1 Å². The Hall–Kier alpha value is -1.38. The lowest BCUT2D eigenvalue weighted by atomic mass is 9.98. The molecule has 0 bridgehead atoms. The van der Waals surface area contributed by atoms with Gasteiger partial charge in [0.2, 0.25) is 0 Å². The molecule has 0 spiro atoms. The van der Waals surface area contributed by atoms with Crippen LogP contribution in [0.2, 0.25) is 0 Å². The normalized spacial score (nSPS) is 12.4. The summed E-state index contributed by atoms with van der Waals surface area (Å²) < 4.78 is 13.1. The maximum atomic E-state index is 13.1. The van der Waals surface area contributed by atoms with Crippen LogP contribution in [0.1, 0.15) is 18.9 Å². The first-order valence-electron chi connectivity index (χ1n) is 4.55. The average molecular weight is 196 g/mol. The van der Waals surface area contributed by atoms with Gasteiger partial charge >= 0.3 is 5.97 Å². The zero-order valence-corrected chi connectivity index (χ0v) is 8.03. The Morgan fingerprint density at radius 1 is 1.50 bits per heavy atom. The van der Waals surface area contributed by atoms with E-state index in [0.717, 1.165) is 0 Å². The molecule has 0 saturated carbocycles. The summed E-state index contributed by atoms with van der Waals surface area (Å²) >= 11 is 0. The van der Waals surface area contributed by atoms with Crippen LogP contribution < -0.4 is 0 Å². The molecule has 1 rings (SSSR count). The summed E-state index contributed by atoms with van der Waals surface area (Å²) in [5, 5.41) is 8.54. The number of carbonyl (C=O) groups is 1. The SMILES string of the molecule is CC(CC(=O)O)Cc1ccccc1F. The van der Waals surface area contributed by atoms with Crippen LogP contribution in [0.3, 0.4) is 0 Å². The molecule has 0 aliphatic rings. The van der Waals surface area contributed by atoms with Crippen molar-refractivity contribution in [3.8, 4) is 0 Å². The zero-order chi connectivity index (χ0) is 10.6. The molecular formula is C11H13FO2. The monoisotopic (exact) mass is 196 g/mol. The topological polar surface area (TPSA) is 37.3 Å². The lowest BCUT2D eigenvalue weighted by Crippen LogP contribution is -2.07. The molecule has 1 atom stereocenters. The molecule has 1 aromatic rings. The van der Waals surface area contributed by atoms with Crippen molar-refractivity contribution in [3.05, 3.63) is 35.6 Å². The smallest absolute Gasteiger partial charge is 0.303 e. The first kappa shape index (κ1) is 10.7. The molecule has 2 nitrogen and oxygen atoms in total. The fourth-order valence-corrected chi connectivity index (χ4v) is 1.41. The van der Waals surface area contributed by atoms with Crippen molar-refractivity contribution in [2.75, 3.05) is 0 Å². The van der Waals surface area contributed by atoms with Gasteiger partial charge in [-0.3, -0.25) is 4.79 Å². The first-order valence-corrected chi connectivity index (χ1v) is 4.55. The third kappa shape index (κ3) is 3.17. The van der Waals surface area contributed by atoms with E-state index in [1.165, 1.54) is 6.07 Å². The van der Waals surface area contributed by atoms with Crippen molar-refractivity contribution in [2.45, 2.75) is 19.8 Å². The van der Waals surface area contributed by atoms with Gasteiger partial charge in [0.1, 0.15) is 5.82 Å². The molecule has 0 radical (unpaired) electrons. The van der Waals surface area contributed by atoms with Crippen LogP contribution in [-0.2, 0) is 11.2 Å². The number of carboxylic acid groups (broad SMARTS) is 1. The van der Waals surface area contributed by atoms with Crippen LogP contribution in [0.4, 0.5) is 4.39 Å². The number of rotatable bonds is 4. The number of benzene rings is 1. The van der Waals surface area contributed by atoms with Crippen LogP contribution in [0.15, 0.2) is 24.3 Å². The number of hydrogen-bond donors (Lipinski definition) is 1. The molecule has 0 heterocycles. The third-order valence-electron chi connectivity index (χ3n) is 2.05. The lowest BCUT2D eigenvalue weighted by molar-refractivity contribution is -0.137. The second-order valence-corrected chi connectivity index (χ2v) is 3.50. The second kappa shape index (κ2) is 4.74. The highest BCUT2D eigenvalue weighted by Crippen LogP contribution is 2.14. The number of carboxylic acids is 1. The van der Waals surface area contributed by atoms with E-state index in [1.54, 1.807) is 25.1 Å². The molecule has 1 aromatic carbocycles. The van der Waals surface area contributed by atoms with Gasteiger partial charge in [-0.2, -0.15) is 0 Å². The summed E-state index contributed by atoms with van der Waals surface area (Å²) in [6, 6.07) is 6.46. The highest BCUT2D eigenvalue weighted by molar-refractivity contribution is 5.67. The largest absolute Gasteiger partial charge is 0.481 e. The van der Waals surface area contributed by atoms with E-state index in [0.29, 0.717) is 12.0 Å². The summed E-state index contributed by atoms with van der Waals surface area (Å²) in [5.41, 5.74) is 0.584. The quantitative estimate of drug-likeness (QED) is 0.803. The van der Waals surface area contributed by atoms with E-state index in [9.17, 15) is 9.18 Å². The molecule has 76 valence electrons. The van der Waals surface area contributed by atoms with Gasteiger partial charge in [0.05, 0.1) is 0 Å². The van der Waals surface area contributed by atoms with Crippen molar-refractivity contribution in [3.63, 3.8) is 0 Å². The summed E-state index contributed by atoms with van der Waals surface area (Å²) in [4.78, 5) is 10.4. The first-order chi connectivity index (χ1) is 6.59. The molecule has 14 heavy (non-hydrogen) atoms. The minimum absolute atomic E-state index is 0.0376. The predicted octanol–water partition coefficient (Wildman–Crippen LogP) is 2.48. The van der Waals surface area contributed by atoms with Crippen LogP contribution >= 0.6 is 0 Å². The fraction of sp³-hybridized carbons (Fsp3) is 0.364. The highest BCUT2D eigenvalue weighted by Gasteiger charge is 2.10. The maximum Gasteiger partial charge on any atom is 0.303 e. The molecule has 0 aromatic heterocycles. The van der Waals surface area contributed by atoms with Crippen LogP contribution in [0.5, 0.6) is 0 Å². The fourth-order valence-electron chi connectivity index (χ4n) is 1.41. The number of hydrogen-bond acceptors (Lipinski definition) is 1. The Morgan fingerprint density at radius 2 is 2.14 bits per heavy atom. The average Bonchev–Trinajstić information content (AvgIpc) is 2.07. The summed E-state index contributed by atoms with van der Waals surface area (Å²) in [6.45, 7) is 1.81. The Morgan fingerprint density at radius 3 is 2.71 bits per heavy atom. The molecule has 3 heteroatoms. The van der Waals surface area contributed by atoms with E-state index < -0.39 is 5.97 Å². The van der Waals surface area contributed by atoms with Crippen LogP contribution in [0.25, 0.3) is 0 Å². The Balaban J connectivity index is 2.60. The number of aliphatic carboxylic acids is 1. The van der Waals surface area contributed by atoms with Crippen molar-refractivity contribution in [1.29, 1.82) is 0 Å². The Labute approximate surface area is 82.4 Å². The van der Waals surface area contributed by atoms with Crippen LogP contribution in [0, 0.1) is 11.7 Å². The van der Waals surface area contributed by atoms with Gasteiger partial charge in [-0.15, -0.1) is 0 Å². The van der Waals surface area contributed by atoms with E-state index in [1.807, 2.05) is 0 Å². The van der Waals surface area contributed by atoms with Gasteiger partial charge in [0, 0.05) is 6.42 Å². The van der Waals surface area contributed by atoms with E-state index in [-0.39, 0.29) is 18.2 Å². The molecule has 1 unspecified atom stereocenters. The van der Waals surface area contributed by atoms with Crippen molar-refractivity contribution in [2.24, 2.45) is 5.92 Å².